The predicted molar refractivity (Wildman–Crippen MR) is 91.3 cm³/mol. The Kier molecular flexibility index (Phi) is 5.55. The Morgan fingerprint density at radius 2 is 2.32 bits per heavy atom. The second kappa shape index (κ2) is 8.02. The lowest BCUT2D eigenvalue weighted by atomic mass is 10.1. The molecule has 134 valence electrons. The molecule has 7 nitrogen and oxygen atoms in total. The van der Waals surface area contributed by atoms with Crippen molar-refractivity contribution in [2.45, 2.75) is 32.5 Å². The molecule has 3 rings (SSSR count). The maximum absolute atomic E-state index is 12.0. The molecule has 1 unspecified atom stereocenters. The van der Waals surface area contributed by atoms with Crippen molar-refractivity contribution in [1.82, 2.24) is 15.4 Å². The summed E-state index contributed by atoms with van der Waals surface area (Å²) in [7, 11) is 1.64. The van der Waals surface area contributed by atoms with E-state index in [0.717, 1.165) is 30.2 Å². The van der Waals surface area contributed by atoms with Crippen LogP contribution in [0.4, 0.5) is 0 Å². The average molecular weight is 345 g/mol. The van der Waals surface area contributed by atoms with Crippen molar-refractivity contribution in [3.8, 4) is 11.5 Å². The Morgan fingerprint density at radius 1 is 1.44 bits per heavy atom. The average Bonchev–Trinajstić information content (AvgIpc) is 3.07. The molecule has 0 radical (unpaired) electrons. The zero-order valence-corrected chi connectivity index (χ0v) is 14.5. The van der Waals surface area contributed by atoms with Crippen LogP contribution in [-0.4, -0.2) is 42.3 Å². The molecule has 2 heterocycles. The molecule has 0 saturated carbocycles. The van der Waals surface area contributed by atoms with Crippen LogP contribution in [0, 0.1) is 0 Å². The fraction of sp³-hybridized carbons (Fsp3) is 0.444. The maximum Gasteiger partial charge on any atom is 0.221 e. The van der Waals surface area contributed by atoms with Gasteiger partial charge in [-0.15, -0.1) is 0 Å². The fourth-order valence-corrected chi connectivity index (χ4v) is 2.86. The summed E-state index contributed by atoms with van der Waals surface area (Å²) in [5.41, 5.74) is 1.82. The van der Waals surface area contributed by atoms with E-state index >= 15 is 0 Å². The molecular formula is C18H23N3O4. The monoisotopic (exact) mass is 345 g/mol. The summed E-state index contributed by atoms with van der Waals surface area (Å²) in [4.78, 5) is 14.3. The van der Waals surface area contributed by atoms with Crippen LogP contribution in [0.25, 0.3) is 0 Å². The zero-order valence-electron chi connectivity index (χ0n) is 14.5. The van der Waals surface area contributed by atoms with Crippen LogP contribution < -0.4 is 14.8 Å². The minimum Gasteiger partial charge on any atom is -0.497 e. The maximum atomic E-state index is 12.0. The first-order valence-corrected chi connectivity index (χ1v) is 8.36. The number of hydrogen-bond acceptors (Lipinski definition) is 6. The van der Waals surface area contributed by atoms with Gasteiger partial charge in [0.25, 0.3) is 0 Å². The van der Waals surface area contributed by atoms with Gasteiger partial charge in [-0.3, -0.25) is 9.69 Å². The second-order valence-electron chi connectivity index (χ2n) is 6.15. The summed E-state index contributed by atoms with van der Waals surface area (Å²) in [5.74, 6) is 1.63. The Hall–Kier alpha value is -2.54. The Morgan fingerprint density at radius 3 is 3.08 bits per heavy atom. The number of hydrogen-bond donors (Lipinski definition) is 1. The smallest absolute Gasteiger partial charge is 0.221 e. The quantitative estimate of drug-likeness (QED) is 0.863. The van der Waals surface area contributed by atoms with E-state index in [0.29, 0.717) is 25.2 Å². The van der Waals surface area contributed by atoms with Gasteiger partial charge < -0.3 is 19.3 Å². The third-order valence-corrected chi connectivity index (χ3v) is 4.12. The first-order chi connectivity index (χ1) is 12.1. The van der Waals surface area contributed by atoms with Gasteiger partial charge in [0.15, 0.2) is 0 Å². The van der Waals surface area contributed by atoms with Crippen molar-refractivity contribution in [2.75, 3.05) is 20.2 Å². The van der Waals surface area contributed by atoms with Crippen molar-refractivity contribution >= 4 is 5.91 Å². The summed E-state index contributed by atoms with van der Waals surface area (Å²) in [6.45, 7) is 4.61. The summed E-state index contributed by atoms with van der Waals surface area (Å²) >= 11 is 0. The first kappa shape index (κ1) is 17.3. The highest BCUT2D eigenvalue weighted by molar-refractivity contribution is 5.76. The van der Waals surface area contributed by atoms with E-state index < -0.39 is 0 Å². The van der Waals surface area contributed by atoms with Crippen LogP contribution in [0.1, 0.15) is 24.6 Å². The van der Waals surface area contributed by atoms with Crippen LogP contribution in [-0.2, 0) is 17.9 Å². The summed E-state index contributed by atoms with van der Waals surface area (Å²) in [5, 5.41) is 6.62. The van der Waals surface area contributed by atoms with E-state index in [4.69, 9.17) is 14.0 Å². The lowest BCUT2D eigenvalue weighted by Gasteiger charge is -2.21. The summed E-state index contributed by atoms with van der Waals surface area (Å²) in [6, 6.07) is 7.60. The molecule has 1 aromatic heterocycles. The number of nitrogens with zero attached hydrogens (tertiary/aromatic N) is 2. The molecule has 7 heteroatoms. The predicted octanol–water partition coefficient (Wildman–Crippen LogP) is 1.97. The molecule has 1 amide bonds. The molecule has 1 aliphatic rings. The number of ether oxygens (including phenoxy) is 2. The third kappa shape index (κ3) is 4.73. The van der Waals surface area contributed by atoms with Gasteiger partial charge in [0.05, 0.1) is 13.7 Å². The summed E-state index contributed by atoms with van der Waals surface area (Å²) < 4.78 is 16.0. The van der Waals surface area contributed by atoms with Gasteiger partial charge in [0, 0.05) is 43.8 Å². The molecule has 0 spiro atoms. The number of methoxy groups -OCH3 is 1. The van der Waals surface area contributed by atoms with E-state index in [2.05, 4.69) is 15.4 Å². The van der Waals surface area contributed by atoms with Crippen molar-refractivity contribution in [1.29, 1.82) is 0 Å². The minimum atomic E-state index is -0.00391. The highest BCUT2D eigenvalue weighted by Crippen LogP contribution is 2.29. The molecule has 2 aromatic rings. The van der Waals surface area contributed by atoms with Gasteiger partial charge in [0.2, 0.25) is 5.91 Å². The molecule has 1 N–H and O–H groups in total. The molecule has 0 saturated heterocycles. The molecule has 1 aliphatic heterocycles. The lowest BCUT2D eigenvalue weighted by Crippen LogP contribution is -2.34. The van der Waals surface area contributed by atoms with Crippen LogP contribution in [0.15, 0.2) is 35.1 Å². The fourth-order valence-electron chi connectivity index (χ4n) is 2.86. The van der Waals surface area contributed by atoms with Crippen LogP contribution in [0.5, 0.6) is 11.5 Å². The zero-order chi connectivity index (χ0) is 17.6. The van der Waals surface area contributed by atoms with Crippen molar-refractivity contribution < 1.29 is 18.8 Å². The van der Waals surface area contributed by atoms with Crippen LogP contribution in [0.3, 0.4) is 0 Å². The highest BCUT2D eigenvalue weighted by atomic mass is 16.5. The molecule has 1 aromatic carbocycles. The van der Waals surface area contributed by atoms with Crippen molar-refractivity contribution in [2.24, 2.45) is 0 Å². The summed E-state index contributed by atoms with van der Waals surface area (Å²) in [6.07, 6.45) is 1.97. The number of benzene rings is 1. The third-order valence-electron chi connectivity index (χ3n) is 4.12. The van der Waals surface area contributed by atoms with Gasteiger partial charge in [0.1, 0.15) is 29.6 Å². The van der Waals surface area contributed by atoms with Gasteiger partial charge in [-0.25, -0.2) is 0 Å². The topological polar surface area (TPSA) is 76.8 Å². The number of carbonyl (C=O) groups is 1. The largest absolute Gasteiger partial charge is 0.497 e. The SMILES string of the molecule is COc1ccc2c(c1)OC(C)CN(CCC(=O)NCc1ccon1)C2. The molecule has 0 fully saturated rings. The normalized spacial score (nSPS) is 17.3. The van der Waals surface area contributed by atoms with Crippen LogP contribution in [0.2, 0.25) is 0 Å². The molecule has 25 heavy (non-hydrogen) atoms. The lowest BCUT2D eigenvalue weighted by molar-refractivity contribution is -0.121. The molecule has 0 bridgehead atoms. The van der Waals surface area contributed by atoms with Gasteiger partial charge in [-0.2, -0.15) is 0 Å². The Labute approximate surface area is 146 Å². The van der Waals surface area contributed by atoms with Gasteiger partial charge >= 0.3 is 0 Å². The first-order valence-electron chi connectivity index (χ1n) is 8.36. The Balaban J connectivity index is 1.54. The standard InChI is InChI=1S/C18H23N3O4/c1-13-11-21(7-5-18(22)19-10-15-6-8-24-20-15)12-14-3-4-16(23-2)9-17(14)25-13/h3-4,6,8-9,13H,5,7,10-12H2,1-2H3,(H,19,22). The molecular weight excluding hydrogens is 322 g/mol. The highest BCUT2D eigenvalue weighted by Gasteiger charge is 2.21. The molecule has 1 atom stereocenters. The molecule has 0 aliphatic carbocycles. The van der Waals surface area contributed by atoms with E-state index in [-0.39, 0.29) is 12.0 Å². The van der Waals surface area contributed by atoms with E-state index in [1.165, 1.54) is 6.26 Å². The number of nitrogens with one attached hydrogen (secondary N) is 1. The Bertz CT molecular complexity index is 702. The number of amides is 1. The van der Waals surface area contributed by atoms with Gasteiger partial charge in [-0.1, -0.05) is 11.2 Å². The number of carbonyl (C=O) groups excluding carboxylic acids is 1. The van der Waals surface area contributed by atoms with Crippen molar-refractivity contribution in [3.05, 3.63) is 41.8 Å². The van der Waals surface area contributed by atoms with E-state index in [1.807, 2.05) is 25.1 Å². The number of fused-ring (bicyclic) bond motifs is 1. The van der Waals surface area contributed by atoms with Crippen LogP contribution >= 0.6 is 0 Å². The number of rotatable bonds is 6. The van der Waals surface area contributed by atoms with Gasteiger partial charge in [-0.05, 0) is 13.0 Å². The minimum absolute atomic E-state index is 0.00391. The van der Waals surface area contributed by atoms with Crippen molar-refractivity contribution in [3.63, 3.8) is 0 Å². The van der Waals surface area contributed by atoms with E-state index in [1.54, 1.807) is 13.2 Å². The number of aromatic nitrogens is 1. The van der Waals surface area contributed by atoms with E-state index in [9.17, 15) is 4.79 Å². The second-order valence-corrected chi connectivity index (χ2v) is 6.15.